The summed E-state index contributed by atoms with van der Waals surface area (Å²) in [5.74, 6) is -2.90. The highest BCUT2D eigenvalue weighted by Gasteiger charge is 2.23. The molecule has 0 saturated carbocycles. The van der Waals surface area contributed by atoms with Crippen LogP contribution in [0.4, 0.5) is 5.69 Å². The second-order valence-corrected chi connectivity index (χ2v) is 5.52. The zero-order valence-electron chi connectivity index (χ0n) is 14.9. The van der Waals surface area contributed by atoms with Gasteiger partial charge in [0.1, 0.15) is 5.57 Å². The van der Waals surface area contributed by atoms with Crippen LogP contribution in [0.2, 0.25) is 0 Å². The van der Waals surface area contributed by atoms with Crippen LogP contribution in [-0.2, 0) is 19.1 Å². The van der Waals surface area contributed by atoms with Gasteiger partial charge in [0, 0.05) is 0 Å². The molecule has 1 aromatic carbocycles. The van der Waals surface area contributed by atoms with E-state index in [1.165, 1.54) is 24.3 Å². The first-order valence-corrected chi connectivity index (χ1v) is 8.46. The van der Waals surface area contributed by atoms with Gasteiger partial charge in [0.15, 0.2) is 0 Å². The van der Waals surface area contributed by atoms with E-state index in [1.807, 2.05) is 13.8 Å². The smallest absolute Gasteiger partial charge is 0.344 e. The lowest BCUT2D eigenvalue weighted by Gasteiger charge is -2.19. The Bertz CT molecular complexity index is 599. The number of unbranched alkanes of at least 4 members (excludes halogenated alkanes) is 2. The molecule has 2 N–H and O–H groups in total. The number of esters is 2. The third-order valence-corrected chi connectivity index (χ3v) is 3.46. The van der Waals surface area contributed by atoms with E-state index in [-0.39, 0.29) is 29.7 Å². The average Bonchev–Trinajstić information content (AvgIpc) is 2.62. The molecule has 0 aromatic heterocycles. The number of hydrogen-bond donors (Lipinski definition) is 2. The van der Waals surface area contributed by atoms with Gasteiger partial charge in [0.2, 0.25) is 0 Å². The Hall–Kier alpha value is -2.58. The van der Waals surface area contributed by atoms with Gasteiger partial charge >= 0.3 is 11.9 Å². The summed E-state index contributed by atoms with van der Waals surface area (Å²) in [5.41, 5.74) is -0.667. The Balaban J connectivity index is 3.11. The second kappa shape index (κ2) is 11.1. The third-order valence-electron chi connectivity index (χ3n) is 3.46. The molecule has 0 bridgehead atoms. The van der Waals surface area contributed by atoms with Gasteiger partial charge < -0.3 is 14.6 Å². The zero-order chi connectivity index (χ0) is 19.5. The summed E-state index contributed by atoms with van der Waals surface area (Å²) >= 11 is 0. The van der Waals surface area contributed by atoms with E-state index >= 15 is 0 Å². The molecule has 0 aliphatic heterocycles. The van der Waals surface area contributed by atoms with Crippen LogP contribution in [0.1, 0.15) is 45.1 Å². The highest BCUT2D eigenvalue weighted by atomic mass is 16.8. The standard InChI is InChI=1S/C18H25NO7/c1-3-5-11-25-17(21)15(18(22)26-12-6-4-2)16(20)13-7-9-14(10-8-13)19(23)24/h7-10,20,23-24H,3-6,11-12H2,1-2H3/p-1. The van der Waals surface area contributed by atoms with Gasteiger partial charge in [-0.05, 0) is 30.5 Å². The van der Waals surface area contributed by atoms with Gasteiger partial charge in [-0.2, -0.15) is 0 Å². The van der Waals surface area contributed by atoms with Gasteiger partial charge in [-0.15, -0.1) is 5.23 Å². The molecule has 1 rings (SSSR count). The van der Waals surface area contributed by atoms with Crippen LogP contribution in [0.25, 0.3) is 5.76 Å². The number of carbonyl (C=O) groups is 2. The lowest BCUT2D eigenvalue weighted by molar-refractivity contribution is -0.245. The van der Waals surface area contributed by atoms with E-state index < -0.39 is 23.3 Å². The van der Waals surface area contributed by atoms with Crippen LogP contribution in [0.3, 0.4) is 0 Å². The molecule has 144 valence electrons. The largest absolute Gasteiger partial charge is 0.871 e. The van der Waals surface area contributed by atoms with Crippen LogP contribution in [0.5, 0.6) is 0 Å². The van der Waals surface area contributed by atoms with Crippen molar-refractivity contribution in [2.45, 2.75) is 39.5 Å². The molecule has 0 aliphatic rings. The van der Waals surface area contributed by atoms with Gasteiger partial charge in [-0.25, -0.2) is 9.59 Å². The van der Waals surface area contributed by atoms with Crippen molar-refractivity contribution in [3.05, 3.63) is 35.4 Å². The molecule has 0 spiro atoms. The number of rotatable bonds is 10. The molecule has 0 fully saturated rings. The summed E-state index contributed by atoms with van der Waals surface area (Å²) in [6.45, 7) is 4.01. The molecule has 8 nitrogen and oxygen atoms in total. The van der Waals surface area contributed by atoms with Crippen LogP contribution in [-0.4, -0.2) is 35.6 Å². The Morgan fingerprint density at radius 1 is 0.962 bits per heavy atom. The number of carbonyl (C=O) groups excluding carboxylic acids is 2. The third kappa shape index (κ3) is 6.38. The molecular weight excluding hydrogens is 342 g/mol. The van der Waals surface area contributed by atoms with Crippen LogP contribution < -0.4 is 10.3 Å². The molecule has 0 heterocycles. The molecule has 8 heteroatoms. The molecule has 1 aromatic rings. The minimum absolute atomic E-state index is 0.0131. The fraction of sp³-hybridized carbons (Fsp3) is 0.444. The van der Waals surface area contributed by atoms with Gasteiger partial charge in [0.25, 0.3) is 0 Å². The zero-order valence-corrected chi connectivity index (χ0v) is 14.9. The Labute approximate surface area is 152 Å². The van der Waals surface area contributed by atoms with E-state index in [2.05, 4.69) is 0 Å². The number of ether oxygens (including phenoxy) is 2. The maximum Gasteiger partial charge on any atom is 0.344 e. The predicted molar refractivity (Wildman–Crippen MR) is 91.1 cm³/mol. The van der Waals surface area contributed by atoms with Gasteiger partial charge in [-0.3, -0.25) is 10.4 Å². The SMILES string of the molecule is CCCCOC(=O)C(C(=O)OCCCC)=C([O-])c1ccc(N(O)O)cc1. The van der Waals surface area contributed by atoms with Crippen molar-refractivity contribution in [3.63, 3.8) is 0 Å². The van der Waals surface area contributed by atoms with Crippen molar-refractivity contribution in [1.82, 2.24) is 0 Å². The highest BCUT2D eigenvalue weighted by Crippen LogP contribution is 2.20. The Morgan fingerprint density at radius 2 is 1.42 bits per heavy atom. The Morgan fingerprint density at radius 3 is 1.81 bits per heavy atom. The van der Waals surface area contributed by atoms with E-state index in [4.69, 9.17) is 19.9 Å². The van der Waals surface area contributed by atoms with Crippen LogP contribution in [0, 0.1) is 0 Å². The van der Waals surface area contributed by atoms with Crippen LogP contribution in [0.15, 0.2) is 29.8 Å². The average molecular weight is 366 g/mol. The first kappa shape index (κ1) is 21.5. The molecule has 0 unspecified atom stereocenters. The minimum atomic E-state index is -1.03. The summed E-state index contributed by atoms with van der Waals surface area (Å²) in [5, 5.41) is 30.3. The maximum absolute atomic E-state index is 12.6. The van der Waals surface area contributed by atoms with Crippen molar-refractivity contribution < 1.29 is 34.6 Å². The summed E-state index contributed by atoms with van der Waals surface area (Å²) in [6, 6.07) is 5.01. The van der Waals surface area contributed by atoms with Gasteiger partial charge in [-0.1, -0.05) is 44.6 Å². The van der Waals surface area contributed by atoms with E-state index in [9.17, 15) is 14.7 Å². The number of hydrogen-bond acceptors (Lipinski definition) is 8. The summed E-state index contributed by atoms with van der Waals surface area (Å²) in [7, 11) is 0. The molecular formula is C18H24NO7-. The number of anilines is 1. The van der Waals surface area contributed by atoms with Crippen molar-refractivity contribution in [2.75, 3.05) is 18.4 Å². The second-order valence-electron chi connectivity index (χ2n) is 5.52. The fourth-order valence-corrected chi connectivity index (χ4v) is 1.92. The monoisotopic (exact) mass is 366 g/mol. The molecule has 26 heavy (non-hydrogen) atoms. The van der Waals surface area contributed by atoms with Crippen molar-refractivity contribution >= 4 is 23.4 Å². The van der Waals surface area contributed by atoms with Gasteiger partial charge in [0.05, 0.1) is 18.9 Å². The van der Waals surface area contributed by atoms with Crippen LogP contribution >= 0.6 is 0 Å². The quantitative estimate of drug-likeness (QED) is 0.123. The molecule has 0 saturated heterocycles. The van der Waals surface area contributed by atoms with Crippen molar-refractivity contribution in [2.24, 2.45) is 0 Å². The molecule has 0 radical (unpaired) electrons. The summed E-state index contributed by atoms with van der Waals surface area (Å²) < 4.78 is 9.98. The van der Waals surface area contributed by atoms with Crippen molar-refractivity contribution in [1.29, 1.82) is 0 Å². The van der Waals surface area contributed by atoms with E-state index in [0.717, 1.165) is 12.8 Å². The summed E-state index contributed by atoms with van der Waals surface area (Å²) in [6.07, 6.45) is 2.79. The molecule has 0 aliphatic carbocycles. The van der Waals surface area contributed by atoms with E-state index in [1.54, 1.807) is 0 Å². The predicted octanol–water partition coefficient (Wildman–Crippen LogP) is 2.03. The topological polar surface area (TPSA) is 119 Å². The Kier molecular flexibility index (Phi) is 9.18. The lowest BCUT2D eigenvalue weighted by Crippen LogP contribution is -2.24. The molecule has 0 amide bonds. The fourth-order valence-electron chi connectivity index (χ4n) is 1.92. The minimum Gasteiger partial charge on any atom is -0.871 e. The first-order chi connectivity index (χ1) is 12.4. The van der Waals surface area contributed by atoms with E-state index in [0.29, 0.717) is 12.8 Å². The summed E-state index contributed by atoms with van der Waals surface area (Å²) in [4.78, 5) is 24.4. The van der Waals surface area contributed by atoms with Crippen molar-refractivity contribution in [3.8, 4) is 0 Å². The first-order valence-electron chi connectivity index (χ1n) is 8.46. The maximum atomic E-state index is 12.6. The molecule has 0 atom stereocenters. The number of nitrogens with zero attached hydrogens (tertiary/aromatic N) is 1. The number of benzene rings is 1. The lowest BCUT2D eigenvalue weighted by atomic mass is 10.1. The normalized spacial score (nSPS) is 10.2. The highest BCUT2D eigenvalue weighted by molar-refractivity contribution is 6.18.